The lowest BCUT2D eigenvalue weighted by Gasteiger charge is -2.08. The molecular formula is C20H23N11O4. The summed E-state index contributed by atoms with van der Waals surface area (Å²) in [6.07, 6.45) is 6.37. The number of hydrogen-bond acceptors (Lipinski definition) is 8. The maximum absolute atomic E-state index is 12.8. The fourth-order valence-electron chi connectivity index (χ4n) is 3.60. The average Bonchev–Trinajstić information content (AvgIpc) is 3.56. The number of nitro groups is 1. The van der Waals surface area contributed by atoms with Gasteiger partial charge in [-0.3, -0.25) is 33.7 Å². The minimum Gasteiger partial charge on any atom is -0.346 e. The van der Waals surface area contributed by atoms with Crippen molar-refractivity contribution in [3.05, 3.63) is 69.3 Å². The highest BCUT2D eigenvalue weighted by Gasteiger charge is 2.23. The molecular weight excluding hydrogens is 458 g/mol. The molecule has 0 aliphatic rings. The Hall–Kier alpha value is -4.82. The molecule has 0 bridgehead atoms. The van der Waals surface area contributed by atoms with Crippen LogP contribution in [-0.4, -0.2) is 55.9 Å². The van der Waals surface area contributed by atoms with E-state index in [4.69, 9.17) is 0 Å². The van der Waals surface area contributed by atoms with Crippen LogP contribution in [-0.2, 0) is 27.3 Å². The molecule has 0 aromatic carbocycles. The zero-order valence-electron chi connectivity index (χ0n) is 19.5. The lowest BCUT2D eigenvalue weighted by atomic mass is 10.3. The Labute approximate surface area is 198 Å². The molecule has 0 unspecified atom stereocenters. The van der Waals surface area contributed by atoms with Crippen molar-refractivity contribution in [3.8, 4) is 0 Å². The third-order valence-electron chi connectivity index (χ3n) is 5.29. The van der Waals surface area contributed by atoms with E-state index in [9.17, 15) is 19.7 Å². The smallest absolute Gasteiger partial charge is 0.312 e. The SMILES string of the molecule is Cc1nn(Cn2ccc(C(=O)Nc3cnn(C)c3C(=O)NCc3cnn(C)c3)n2)c(C)c1[N+](=O)[O-]. The van der Waals surface area contributed by atoms with Gasteiger partial charge in [-0.15, -0.1) is 0 Å². The standard InChI is InChI=1S/C20H23N11O4/c1-12-17(31(34)35)13(2)30(25-12)11-29-6-5-15(26-29)19(32)24-16-9-23-28(4)18(16)20(33)21-7-14-8-22-27(3)10-14/h5-6,8-10H,7,11H2,1-4H3,(H,21,33)(H,24,32). The topological polar surface area (TPSA) is 173 Å². The first-order valence-electron chi connectivity index (χ1n) is 10.4. The maximum atomic E-state index is 12.8. The molecule has 4 aromatic heterocycles. The van der Waals surface area contributed by atoms with E-state index in [0.29, 0.717) is 11.4 Å². The van der Waals surface area contributed by atoms with Crippen LogP contribution in [0, 0.1) is 24.0 Å². The van der Waals surface area contributed by atoms with Gasteiger partial charge >= 0.3 is 5.69 Å². The molecule has 0 atom stereocenters. The Bertz CT molecular complexity index is 1420. The normalized spacial score (nSPS) is 11.0. The van der Waals surface area contributed by atoms with Gasteiger partial charge in [0.15, 0.2) is 5.69 Å². The number of aryl methyl sites for hydroxylation is 3. The summed E-state index contributed by atoms with van der Waals surface area (Å²) in [7, 11) is 3.37. The van der Waals surface area contributed by atoms with Crippen molar-refractivity contribution in [2.45, 2.75) is 27.1 Å². The highest BCUT2D eigenvalue weighted by atomic mass is 16.6. The summed E-state index contributed by atoms with van der Waals surface area (Å²) in [6, 6.07) is 1.49. The largest absolute Gasteiger partial charge is 0.346 e. The molecule has 0 aliphatic heterocycles. The minimum atomic E-state index is -0.544. The number of nitrogens with one attached hydrogen (secondary N) is 2. The van der Waals surface area contributed by atoms with Gasteiger partial charge in [-0.05, 0) is 19.9 Å². The summed E-state index contributed by atoms with van der Waals surface area (Å²) in [5, 5.41) is 33.2. The molecule has 15 nitrogen and oxygen atoms in total. The van der Waals surface area contributed by atoms with Crippen molar-refractivity contribution < 1.29 is 14.5 Å². The minimum absolute atomic E-state index is 0.0546. The summed E-state index contributed by atoms with van der Waals surface area (Å²) in [5.41, 5.74) is 1.94. The van der Waals surface area contributed by atoms with Crippen LogP contribution in [0.4, 0.5) is 11.4 Å². The molecule has 35 heavy (non-hydrogen) atoms. The zero-order chi connectivity index (χ0) is 25.3. The summed E-state index contributed by atoms with van der Waals surface area (Å²) in [5.74, 6) is -0.960. The van der Waals surface area contributed by atoms with E-state index in [2.05, 4.69) is 31.0 Å². The highest BCUT2D eigenvalue weighted by molar-refractivity contribution is 6.07. The van der Waals surface area contributed by atoms with Crippen LogP contribution in [0.15, 0.2) is 30.9 Å². The van der Waals surface area contributed by atoms with Crippen molar-refractivity contribution >= 4 is 23.2 Å². The first-order valence-corrected chi connectivity index (χ1v) is 10.4. The van der Waals surface area contributed by atoms with E-state index in [1.165, 1.54) is 26.3 Å². The average molecular weight is 481 g/mol. The molecule has 4 aromatic rings. The third-order valence-corrected chi connectivity index (χ3v) is 5.29. The zero-order valence-corrected chi connectivity index (χ0v) is 19.5. The van der Waals surface area contributed by atoms with E-state index in [1.807, 2.05) is 0 Å². The molecule has 0 saturated heterocycles. The number of nitrogens with zero attached hydrogens (tertiary/aromatic N) is 9. The van der Waals surface area contributed by atoms with Crippen molar-refractivity contribution in [1.29, 1.82) is 0 Å². The van der Waals surface area contributed by atoms with Crippen molar-refractivity contribution in [1.82, 2.24) is 44.4 Å². The van der Waals surface area contributed by atoms with Crippen LogP contribution >= 0.6 is 0 Å². The molecule has 4 heterocycles. The monoisotopic (exact) mass is 481 g/mol. The summed E-state index contributed by atoms with van der Waals surface area (Å²) in [6.45, 7) is 3.50. The fraction of sp³-hybridized carbons (Fsp3) is 0.300. The molecule has 2 amide bonds. The Morgan fingerprint density at radius 2 is 1.89 bits per heavy atom. The van der Waals surface area contributed by atoms with Crippen LogP contribution in [0.25, 0.3) is 0 Å². The van der Waals surface area contributed by atoms with E-state index in [0.717, 1.165) is 5.56 Å². The van der Waals surface area contributed by atoms with Gasteiger partial charge in [0.2, 0.25) is 0 Å². The second-order valence-electron chi connectivity index (χ2n) is 7.85. The third kappa shape index (κ3) is 4.78. The number of aromatic nitrogens is 8. The van der Waals surface area contributed by atoms with Gasteiger partial charge in [-0.1, -0.05) is 0 Å². The predicted molar refractivity (Wildman–Crippen MR) is 122 cm³/mol. The van der Waals surface area contributed by atoms with Crippen LogP contribution < -0.4 is 10.6 Å². The summed E-state index contributed by atoms with van der Waals surface area (Å²) in [4.78, 5) is 36.2. The first kappa shape index (κ1) is 23.3. The predicted octanol–water partition coefficient (Wildman–Crippen LogP) is 0.760. The number of carbonyl (C=O) groups excluding carboxylic acids is 2. The van der Waals surface area contributed by atoms with Gasteiger partial charge in [-0.2, -0.15) is 20.4 Å². The van der Waals surface area contributed by atoms with Crippen molar-refractivity contribution in [2.24, 2.45) is 14.1 Å². The Balaban J connectivity index is 1.44. The van der Waals surface area contributed by atoms with Gasteiger partial charge in [-0.25, -0.2) is 4.68 Å². The van der Waals surface area contributed by atoms with Crippen molar-refractivity contribution in [3.63, 3.8) is 0 Å². The molecule has 182 valence electrons. The molecule has 0 aliphatic carbocycles. The lowest BCUT2D eigenvalue weighted by molar-refractivity contribution is -0.386. The molecule has 2 N–H and O–H groups in total. The van der Waals surface area contributed by atoms with E-state index in [-0.39, 0.29) is 36.0 Å². The van der Waals surface area contributed by atoms with Crippen LogP contribution in [0.2, 0.25) is 0 Å². The number of amides is 2. The first-order chi connectivity index (χ1) is 16.6. The number of hydrogen-bond donors (Lipinski definition) is 2. The maximum Gasteiger partial charge on any atom is 0.312 e. The molecule has 15 heteroatoms. The summed E-state index contributed by atoms with van der Waals surface area (Å²) < 4.78 is 5.87. The Morgan fingerprint density at radius 1 is 1.11 bits per heavy atom. The lowest BCUT2D eigenvalue weighted by Crippen LogP contribution is -2.26. The van der Waals surface area contributed by atoms with Crippen molar-refractivity contribution in [2.75, 3.05) is 5.32 Å². The van der Waals surface area contributed by atoms with Gasteiger partial charge in [0.05, 0.1) is 23.0 Å². The van der Waals surface area contributed by atoms with Gasteiger partial charge < -0.3 is 10.6 Å². The number of anilines is 1. The second-order valence-corrected chi connectivity index (χ2v) is 7.85. The molecule has 4 rings (SSSR count). The second kappa shape index (κ2) is 9.20. The fourth-order valence-corrected chi connectivity index (χ4v) is 3.60. The molecule has 0 radical (unpaired) electrons. The van der Waals surface area contributed by atoms with Crippen LogP contribution in [0.1, 0.15) is 37.9 Å². The van der Waals surface area contributed by atoms with E-state index in [1.54, 1.807) is 51.2 Å². The number of rotatable bonds is 8. The Morgan fingerprint density at radius 3 is 2.54 bits per heavy atom. The van der Waals surface area contributed by atoms with Crippen LogP contribution in [0.3, 0.4) is 0 Å². The van der Waals surface area contributed by atoms with E-state index >= 15 is 0 Å². The van der Waals surface area contributed by atoms with Gasteiger partial charge in [0.25, 0.3) is 11.8 Å². The molecule has 0 fully saturated rings. The molecule has 0 saturated carbocycles. The highest BCUT2D eigenvalue weighted by Crippen LogP contribution is 2.22. The quantitative estimate of drug-likeness (QED) is 0.274. The van der Waals surface area contributed by atoms with Gasteiger partial charge in [0.1, 0.15) is 23.8 Å². The van der Waals surface area contributed by atoms with Gasteiger partial charge in [0, 0.05) is 38.6 Å². The number of carbonyl (C=O) groups is 2. The molecule has 0 spiro atoms. The van der Waals surface area contributed by atoms with Crippen LogP contribution in [0.5, 0.6) is 0 Å². The summed E-state index contributed by atoms with van der Waals surface area (Å²) >= 11 is 0. The Kier molecular flexibility index (Phi) is 6.14. The van der Waals surface area contributed by atoms with E-state index < -0.39 is 16.7 Å².